The minimum Gasteiger partial charge on any atom is -0.324 e. The van der Waals surface area contributed by atoms with Crippen molar-refractivity contribution in [2.75, 3.05) is 0 Å². The fourth-order valence-corrected chi connectivity index (χ4v) is 2.58. The lowest BCUT2D eigenvalue weighted by Gasteiger charge is -2.11. The Labute approximate surface area is 114 Å². The normalized spacial score (nSPS) is 11.7. The molecule has 1 nitrogen and oxygen atoms in total. The molecule has 0 saturated carbocycles. The minimum atomic E-state index is 0. The van der Waals surface area contributed by atoms with Gasteiger partial charge in [0.25, 0.3) is 0 Å². The molecule has 1 aromatic rings. The van der Waals surface area contributed by atoms with Crippen LogP contribution in [0.4, 0.5) is 0 Å². The molecule has 0 radical (unpaired) electrons. The van der Waals surface area contributed by atoms with Gasteiger partial charge in [-0.2, -0.15) is 0 Å². The van der Waals surface area contributed by atoms with Gasteiger partial charge in [-0.05, 0) is 36.6 Å². The number of rotatable bonds is 4. The molecule has 0 fully saturated rings. The Balaban J connectivity index is 0.00000196. The third kappa shape index (κ3) is 5.16. The zero-order valence-electron chi connectivity index (χ0n) is 8.25. The summed E-state index contributed by atoms with van der Waals surface area (Å²) in [5.74, 6) is 0. The second-order valence-electron chi connectivity index (χ2n) is 3.18. The fourth-order valence-electron chi connectivity index (χ4n) is 1.25. The van der Waals surface area contributed by atoms with E-state index in [0.29, 0.717) is 0 Å². The van der Waals surface area contributed by atoms with Gasteiger partial charge in [-0.1, -0.05) is 37.9 Å². The van der Waals surface area contributed by atoms with Crippen LogP contribution in [0.25, 0.3) is 0 Å². The minimum absolute atomic E-state index is 0. The molecule has 1 rings (SSSR count). The summed E-state index contributed by atoms with van der Waals surface area (Å²) in [6.07, 6.45) is 3.78. The standard InChI is InChI=1S/C11H13Br2N.ClH/c1-2-3-4-11(14)8-5-9(12)7-10(13)6-8;/h2,5-7,11H,1,3-4,14H2;1H/t11-;/m0./s1. The predicted molar refractivity (Wildman–Crippen MR) is 75.4 cm³/mol. The van der Waals surface area contributed by atoms with Gasteiger partial charge < -0.3 is 5.73 Å². The summed E-state index contributed by atoms with van der Waals surface area (Å²) in [4.78, 5) is 0. The van der Waals surface area contributed by atoms with E-state index in [0.717, 1.165) is 27.4 Å². The molecule has 0 heterocycles. The van der Waals surface area contributed by atoms with E-state index in [-0.39, 0.29) is 18.4 Å². The number of allylic oxidation sites excluding steroid dienone is 1. The molecule has 84 valence electrons. The highest BCUT2D eigenvalue weighted by Gasteiger charge is 2.06. The van der Waals surface area contributed by atoms with Gasteiger partial charge in [0.1, 0.15) is 0 Å². The van der Waals surface area contributed by atoms with Crippen LogP contribution in [0.3, 0.4) is 0 Å². The van der Waals surface area contributed by atoms with Gasteiger partial charge in [0.2, 0.25) is 0 Å². The summed E-state index contributed by atoms with van der Waals surface area (Å²) in [6.45, 7) is 3.69. The van der Waals surface area contributed by atoms with Crippen molar-refractivity contribution in [3.8, 4) is 0 Å². The van der Waals surface area contributed by atoms with E-state index in [9.17, 15) is 0 Å². The van der Waals surface area contributed by atoms with Crippen LogP contribution in [0.2, 0.25) is 0 Å². The van der Waals surface area contributed by atoms with Gasteiger partial charge in [-0.3, -0.25) is 0 Å². The first-order chi connectivity index (χ1) is 6.63. The quantitative estimate of drug-likeness (QED) is 0.785. The first-order valence-electron chi connectivity index (χ1n) is 4.46. The lowest BCUT2D eigenvalue weighted by molar-refractivity contribution is 0.661. The molecule has 0 saturated heterocycles. The summed E-state index contributed by atoms with van der Waals surface area (Å²) < 4.78 is 2.10. The Kier molecular flexibility index (Phi) is 7.53. The summed E-state index contributed by atoms with van der Waals surface area (Å²) in [7, 11) is 0. The lowest BCUT2D eigenvalue weighted by Crippen LogP contribution is -2.09. The van der Waals surface area contributed by atoms with E-state index in [1.807, 2.05) is 12.1 Å². The van der Waals surface area contributed by atoms with Crippen LogP contribution in [-0.2, 0) is 0 Å². The van der Waals surface area contributed by atoms with Crippen molar-refractivity contribution in [1.82, 2.24) is 0 Å². The second kappa shape index (κ2) is 7.44. The Bertz CT molecular complexity index is 308. The average molecular weight is 356 g/mol. The molecule has 0 spiro atoms. The Morgan fingerprint density at radius 2 is 1.80 bits per heavy atom. The molecule has 1 aromatic carbocycles. The number of benzene rings is 1. The summed E-state index contributed by atoms with van der Waals surface area (Å²) in [6, 6.07) is 6.20. The van der Waals surface area contributed by atoms with Crippen LogP contribution < -0.4 is 5.73 Å². The molecule has 0 amide bonds. The molecule has 0 aliphatic heterocycles. The lowest BCUT2D eigenvalue weighted by atomic mass is 10.0. The van der Waals surface area contributed by atoms with Crippen molar-refractivity contribution in [3.05, 3.63) is 45.4 Å². The van der Waals surface area contributed by atoms with E-state index in [1.54, 1.807) is 0 Å². The predicted octanol–water partition coefficient (Wildman–Crippen LogP) is 4.60. The maximum absolute atomic E-state index is 6.03. The maximum atomic E-state index is 6.03. The van der Waals surface area contributed by atoms with E-state index < -0.39 is 0 Å². The van der Waals surface area contributed by atoms with Crippen molar-refractivity contribution in [2.45, 2.75) is 18.9 Å². The van der Waals surface area contributed by atoms with Crippen molar-refractivity contribution >= 4 is 44.3 Å². The van der Waals surface area contributed by atoms with Crippen LogP contribution in [0.15, 0.2) is 39.8 Å². The first-order valence-corrected chi connectivity index (χ1v) is 6.04. The zero-order valence-corrected chi connectivity index (χ0v) is 12.2. The topological polar surface area (TPSA) is 26.0 Å². The van der Waals surface area contributed by atoms with Crippen molar-refractivity contribution in [2.24, 2.45) is 5.73 Å². The third-order valence-corrected chi connectivity index (χ3v) is 2.91. The van der Waals surface area contributed by atoms with Crippen LogP contribution in [0.5, 0.6) is 0 Å². The average Bonchev–Trinajstić information content (AvgIpc) is 2.12. The summed E-state index contributed by atoms with van der Waals surface area (Å²) in [5, 5.41) is 0. The van der Waals surface area contributed by atoms with Gasteiger partial charge in [-0.15, -0.1) is 19.0 Å². The van der Waals surface area contributed by atoms with Crippen molar-refractivity contribution in [3.63, 3.8) is 0 Å². The summed E-state index contributed by atoms with van der Waals surface area (Å²) >= 11 is 6.89. The number of nitrogens with two attached hydrogens (primary N) is 1. The van der Waals surface area contributed by atoms with E-state index in [4.69, 9.17) is 5.73 Å². The third-order valence-electron chi connectivity index (χ3n) is 1.99. The van der Waals surface area contributed by atoms with Gasteiger partial charge >= 0.3 is 0 Å². The highest BCUT2D eigenvalue weighted by molar-refractivity contribution is 9.11. The van der Waals surface area contributed by atoms with Gasteiger partial charge in [0.05, 0.1) is 0 Å². The van der Waals surface area contributed by atoms with E-state index in [2.05, 4.69) is 50.6 Å². The molecule has 0 unspecified atom stereocenters. The number of halogens is 3. The SMILES string of the molecule is C=CCC[C@H](N)c1cc(Br)cc(Br)c1.Cl. The monoisotopic (exact) mass is 353 g/mol. The Morgan fingerprint density at radius 1 is 1.27 bits per heavy atom. The molecule has 2 N–H and O–H groups in total. The van der Waals surface area contributed by atoms with E-state index >= 15 is 0 Å². The van der Waals surface area contributed by atoms with Crippen LogP contribution >= 0.6 is 44.3 Å². The van der Waals surface area contributed by atoms with Crippen molar-refractivity contribution in [1.29, 1.82) is 0 Å². The number of hydrogen-bond donors (Lipinski definition) is 1. The zero-order chi connectivity index (χ0) is 10.6. The van der Waals surface area contributed by atoms with Gasteiger partial charge in [0.15, 0.2) is 0 Å². The molecule has 0 bridgehead atoms. The molecular weight excluding hydrogens is 341 g/mol. The Morgan fingerprint density at radius 3 is 2.27 bits per heavy atom. The largest absolute Gasteiger partial charge is 0.324 e. The van der Waals surface area contributed by atoms with E-state index in [1.165, 1.54) is 0 Å². The van der Waals surface area contributed by atoms with Gasteiger partial charge in [0, 0.05) is 15.0 Å². The highest BCUT2D eigenvalue weighted by atomic mass is 79.9. The van der Waals surface area contributed by atoms with Gasteiger partial charge in [-0.25, -0.2) is 0 Å². The molecule has 0 aromatic heterocycles. The number of hydrogen-bond acceptors (Lipinski definition) is 1. The Hall–Kier alpha value is 0.170. The van der Waals surface area contributed by atoms with Crippen LogP contribution in [0.1, 0.15) is 24.4 Å². The second-order valence-corrected chi connectivity index (χ2v) is 5.01. The highest BCUT2D eigenvalue weighted by Crippen LogP contribution is 2.25. The molecular formula is C11H14Br2ClN. The maximum Gasteiger partial charge on any atom is 0.0298 e. The molecule has 1 atom stereocenters. The summed E-state index contributed by atoms with van der Waals surface area (Å²) in [5.41, 5.74) is 7.18. The molecule has 0 aliphatic carbocycles. The van der Waals surface area contributed by atoms with Crippen molar-refractivity contribution < 1.29 is 0 Å². The first kappa shape index (κ1) is 15.2. The fraction of sp³-hybridized carbons (Fsp3) is 0.273. The van der Waals surface area contributed by atoms with Crippen LogP contribution in [-0.4, -0.2) is 0 Å². The van der Waals surface area contributed by atoms with Crippen LogP contribution in [0, 0.1) is 0 Å². The molecule has 4 heteroatoms. The molecule has 0 aliphatic rings. The molecule has 15 heavy (non-hydrogen) atoms. The smallest absolute Gasteiger partial charge is 0.0298 e.